The zero-order valence-corrected chi connectivity index (χ0v) is 19.2. The second kappa shape index (κ2) is 8.41. The van der Waals surface area contributed by atoms with Crippen molar-refractivity contribution in [1.29, 1.82) is 0 Å². The molecule has 5 heteroatoms. The van der Waals surface area contributed by atoms with E-state index in [4.69, 9.17) is 9.47 Å². The van der Waals surface area contributed by atoms with Gasteiger partial charge in [0.2, 0.25) is 0 Å². The van der Waals surface area contributed by atoms with Crippen LogP contribution in [0.2, 0.25) is 0 Å². The highest BCUT2D eigenvalue weighted by Crippen LogP contribution is 2.59. The van der Waals surface area contributed by atoms with E-state index in [1.807, 2.05) is 19.9 Å². The number of Topliss-reactive ketones (excluding diaryl/α,β-unsaturated/α-hetero) is 2. The van der Waals surface area contributed by atoms with Gasteiger partial charge in [-0.25, -0.2) is 4.79 Å². The summed E-state index contributed by atoms with van der Waals surface area (Å²) in [5.41, 5.74) is 0.525. The Bertz CT molecular complexity index is 772. The maximum absolute atomic E-state index is 13.7. The maximum Gasteiger partial charge on any atom is 0.335 e. The first kappa shape index (κ1) is 22.9. The van der Waals surface area contributed by atoms with Crippen LogP contribution in [0, 0.1) is 35.0 Å². The van der Waals surface area contributed by atoms with E-state index in [0.717, 1.165) is 24.8 Å². The van der Waals surface area contributed by atoms with Crippen LogP contribution in [-0.2, 0) is 23.9 Å². The molecule has 3 fully saturated rings. The van der Waals surface area contributed by atoms with Gasteiger partial charge in [-0.3, -0.25) is 4.79 Å². The van der Waals surface area contributed by atoms with Crippen LogP contribution in [0.5, 0.6) is 0 Å². The highest BCUT2D eigenvalue weighted by Gasteiger charge is 2.58. The second-order valence-electron chi connectivity index (χ2n) is 10.6. The van der Waals surface area contributed by atoms with E-state index in [1.54, 1.807) is 6.92 Å². The van der Waals surface area contributed by atoms with Crippen molar-refractivity contribution in [2.24, 2.45) is 35.0 Å². The standard InChI is InChI=1S/C25H36O5/c1-15(2)11-22(27)29-10-8-21-17(12-16(3)26)23(28)19-14-30-24(4,5)20-7-9-25(21,6)13-18(19)20/h8,10-11,17-21H,7,9,12-14H2,1-6H3/b10-8+/t17-,18?,19+,20?,21+,25-/m0/s1. The van der Waals surface area contributed by atoms with Crippen molar-refractivity contribution in [2.75, 3.05) is 6.61 Å². The molecule has 0 amide bonds. The van der Waals surface area contributed by atoms with Gasteiger partial charge in [-0.15, -0.1) is 0 Å². The normalized spacial score (nSPS) is 37.4. The quantitative estimate of drug-likeness (QED) is 0.371. The fraction of sp³-hybridized carbons (Fsp3) is 0.720. The molecular formula is C25H36O5. The topological polar surface area (TPSA) is 69.7 Å². The van der Waals surface area contributed by atoms with Gasteiger partial charge in [0, 0.05) is 24.3 Å². The van der Waals surface area contributed by atoms with Gasteiger partial charge in [0.25, 0.3) is 0 Å². The van der Waals surface area contributed by atoms with Gasteiger partial charge < -0.3 is 14.3 Å². The van der Waals surface area contributed by atoms with Crippen molar-refractivity contribution in [3.05, 3.63) is 24.0 Å². The number of allylic oxidation sites excluding steroid dienone is 2. The number of hydrogen-bond donors (Lipinski definition) is 0. The Labute approximate surface area is 180 Å². The largest absolute Gasteiger partial charge is 0.432 e. The molecule has 166 valence electrons. The van der Waals surface area contributed by atoms with Crippen molar-refractivity contribution in [1.82, 2.24) is 0 Å². The van der Waals surface area contributed by atoms with Gasteiger partial charge in [0.15, 0.2) is 0 Å². The van der Waals surface area contributed by atoms with Gasteiger partial charge in [-0.1, -0.05) is 12.5 Å². The second-order valence-corrected chi connectivity index (χ2v) is 10.6. The van der Waals surface area contributed by atoms with Gasteiger partial charge in [0.05, 0.1) is 18.5 Å². The Morgan fingerprint density at radius 2 is 1.90 bits per heavy atom. The highest BCUT2D eigenvalue weighted by atomic mass is 16.5. The van der Waals surface area contributed by atoms with Crippen LogP contribution in [-0.4, -0.2) is 29.7 Å². The smallest absolute Gasteiger partial charge is 0.335 e. The summed E-state index contributed by atoms with van der Waals surface area (Å²) < 4.78 is 11.4. The summed E-state index contributed by atoms with van der Waals surface area (Å²) >= 11 is 0. The Morgan fingerprint density at radius 3 is 2.53 bits per heavy atom. The summed E-state index contributed by atoms with van der Waals surface area (Å²) in [6.07, 6.45) is 7.87. The van der Waals surface area contributed by atoms with E-state index in [9.17, 15) is 14.4 Å². The molecule has 0 aromatic carbocycles. The zero-order valence-electron chi connectivity index (χ0n) is 19.2. The first-order valence-corrected chi connectivity index (χ1v) is 11.1. The summed E-state index contributed by atoms with van der Waals surface area (Å²) in [6.45, 7) is 12.2. The molecule has 2 saturated carbocycles. The van der Waals surface area contributed by atoms with Gasteiger partial charge in [-0.2, -0.15) is 0 Å². The first-order chi connectivity index (χ1) is 13.9. The van der Waals surface area contributed by atoms with Crippen LogP contribution in [0.3, 0.4) is 0 Å². The van der Waals surface area contributed by atoms with Crippen molar-refractivity contribution in [2.45, 2.75) is 72.8 Å². The predicted octanol–water partition coefficient (Wildman–Crippen LogP) is 4.65. The van der Waals surface area contributed by atoms with Crippen LogP contribution in [0.4, 0.5) is 0 Å². The van der Waals surface area contributed by atoms with E-state index in [1.165, 1.54) is 12.3 Å². The maximum atomic E-state index is 13.7. The van der Waals surface area contributed by atoms with Crippen LogP contribution in [0.1, 0.15) is 67.2 Å². The third kappa shape index (κ3) is 4.46. The molecule has 2 bridgehead atoms. The van der Waals surface area contributed by atoms with Crippen molar-refractivity contribution < 1.29 is 23.9 Å². The number of carbonyl (C=O) groups is 3. The van der Waals surface area contributed by atoms with E-state index < -0.39 is 11.9 Å². The van der Waals surface area contributed by atoms with Crippen LogP contribution in [0.15, 0.2) is 24.0 Å². The highest BCUT2D eigenvalue weighted by molar-refractivity contribution is 5.90. The molecule has 3 aliphatic rings. The molecule has 0 aromatic rings. The molecule has 30 heavy (non-hydrogen) atoms. The molecule has 2 aliphatic carbocycles. The van der Waals surface area contributed by atoms with Crippen LogP contribution in [0.25, 0.3) is 0 Å². The number of rotatable bonds is 5. The molecule has 1 heterocycles. The number of ether oxygens (including phenoxy) is 2. The summed E-state index contributed by atoms with van der Waals surface area (Å²) in [5, 5.41) is 0. The Hall–Kier alpha value is -1.75. The molecule has 0 aromatic heterocycles. The number of ketones is 2. The van der Waals surface area contributed by atoms with Gasteiger partial charge in [0.1, 0.15) is 11.6 Å². The molecule has 1 aliphatic heterocycles. The SMILES string of the molecule is CC(=O)C[C@@H]1C(=O)[C@@H]2COC(C)(C)C3CC[C@@](C)(CC32)[C@@H]1/C=C/OC(=O)C=C(C)C. The Morgan fingerprint density at radius 1 is 1.20 bits per heavy atom. The third-order valence-corrected chi connectivity index (χ3v) is 7.64. The van der Waals surface area contributed by atoms with Crippen LogP contribution >= 0.6 is 0 Å². The number of carbonyl (C=O) groups excluding carboxylic acids is 3. The molecule has 1 saturated heterocycles. The minimum absolute atomic E-state index is 0.0157. The summed E-state index contributed by atoms with van der Waals surface area (Å²) in [7, 11) is 0. The molecule has 0 spiro atoms. The summed E-state index contributed by atoms with van der Waals surface area (Å²) in [4.78, 5) is 37.7. The van der Waals surface area contributed by atoms with Crippen LogP contribution < -0.4 is 0 Å². The lowest BCUT2D eigenvalue weighted by Crippen LogP contribution is -2.53. The number of hydrogen-bond acceptors (Lipinski definition) is 5. The average molecular weight is 417 g/mol. The molecule has 2 unspecified atom stereocenters. The van der Waals surface area contributed by atoms with Crippen molar-refractivity contribution in [3.8, 4) is 0 Å². The molecule has 0 N–H and O–H groups in total. The minimum atomic E-state index is -0.424. The summed E-state index contributed by atoms with van der Waals surface area (Å²) in [6, 6.07) is 0. The monoisotopic (exact) mass is 416 g/mol. The fourth-order valence-electron chi connectivity index (χ4n) is 6.20. The first-order valence-electron chi connectivity index (χ1n) is 11.1. The third-order valence-electron chi connectivity index (χ3n) is 7.64. The van der Waals surface area contributed by atoms with Gasteiger partial charge in [-0.05, 0) is 83.1 Å². The number of fused-ring (bicyclic) bond motifs is 1. The van der Waals surface area contributed by atoms with E-state index >= 15 is 0 Å². The molecule has 5 nitrogen and oxygen atoms in total. The zero-order chi connectivity index (χ0) is 22.3. The van der Waals surface area contributed by atoms with Crippen molar-refractivity contribution in [3.63, 3.8) is 0 Å². The lowest BCUT2D eigenvalue weighted by Gasteiger charge is -2.53. The fourth-order valence-corrected chi connectivity index (χ4v) is 6.20. The van der Waals surface area contributed by atoms with Gasteiger partial charge >= 0.3 is 5.97 Å². The Balaban J connectivity index is 1.95. The lowest BCUT2D eigenvalue weighted by atomic mass is 9.56. The minimum Gasteiger partial charge on any atom is -0.432 e. The molecule has 0 radical (unpaired) electrons. The summed E-state index contributed by atoms with van der Waals surface area (Å²) in [5.74, 6) is -0.322. The Kier molecular flexibility index (Phi) is 6.43. The number of esters is 1. The predicted molar refractivity (Wildman–Crippen MR) is 114 cm³/mol. The van der Waals surface area contributed by atoms with Crippen molar-refractivity contribution >= 4 is 17.5 Å². The molecule has 3 rings (SSSR count). The van der Waals surface area contributed by atoms with E-state index in [0.29, 0.717) is 12.5 Å². The van der Waals surface area contributed by atoms with E-state index in [-0.39, 0.29) is 46.8 Å². The average Bonchev–Trinajstić information content (AvgIpc) is 2.67. The van der Waals surface area contributed by atoms with E-state index in [2.05, 4.69) is 20.8 Å². The lowest BCUT2D eigenvalue weighted by molar-refractivity contribution is -0.173. The molecular weight excluding hydrogens is 380 g/mol. The molecule has 6 atom stereocenters.